The molecule has 0 saturated heterocycles. The highest BCUT2D eigenvalue weighted by Crippen LogP contribution is 2.44. The molecular weight excluding hydrogens is 498 g/mol. The van der Waals surface area contributed by atoms with Crippen LogP contribution in [0.3, 0.4) is 0 Å². The van der Waals surface area contributed by atoms with Gasteiger partial charge < -0.3 is 33.4 Å². The number of rotatable bonds is 12. The zero-order chi connectivity index (χ0) is 27.2. The molecule has 1 saturated carbocycles. The molecule has 0 bridgehead atoms. The average molecular weight is 534 g/mol. The fraction of sp³-hybridized carbons (Fsp3) is 0.400. The van der Waals surface area contributed by atoms with E-state index in [9.17, 15) is 5.11 Å². The smallest absolute Gasteiger partial charge is 0.241 e. The molecule has 1 aliphatic rings. The van der Waals surface area contributed by atoms with Gasteiger partial charge in [-0.15, -0.1) is 0 Å². The third-order valence-corrected chi connectivity index (χ3v) is 7.33. The number of benzene rings is 2. The monoisotopic (exact) mass is 533 g/mol. The van der Waals surface area contributed by atoms with Crippen molar-refractivity contribution in [1.82, 2.24) is 14.5 Å². The molecule has 2 aromatic heterocycles. The predicted molar refractivity (Wildman–Crippen MR) is 146 cm³/mol. The van der Waals surface area contributed by atoms with E-state index in [0.29, 0.717) is 32.1 Å². The normalized spacial score (nSPS) is 20.9. The van der Waals surface area contributed by atoms with E-state index < -0.39 is 12.2 Å². The van der Waals surface area contributed by atoms with E-state index in [1.165, 1.54) is 6.33 Å². The molecule has 1 N–H and O–H groups in total. The summed E-state index contributed by atoms with van der Waals surface area (Å²) in [7, 11) is 4.91. The minimum atomic E-state index is -0.742. The summed E-state index contributed by atoms with van der Waals surface area (Å²) in [6, 6.07) is 17.8. The fourth-order valence-corrected chi connectivity index (χ4v) is 5.43. The summed E-state index contributed by atoms with van der Waals surface area (Å²) in [6.07, 6.45) is 3.04. The lowest BCUT2D eigenvalue weighted by Gasteiger charge is -2.23. The fourth-order valence-electron chi connectivity index (χ4n) is 5.43. The van der Waals surface area contributed by atoms with Gasteiger partial charge in [0.25, 0.3) is 0 Å². The van der Waals surface area contributed by atoms with Crippen molar-refractivity contribution >= 4 is 11.0 Å². The Morgan fingerprint density at radius 3 is 2.41 bits per heavy atom. The standard InChI is InChI=1S/C30H35N3O6/c1-35-17-22-13-24(28(34)29(22)39-16-21-9-11-23(36-2)12-10-21)25-14-33(19-38-15-20-7-5-4-6-8-20)27-26(25)31-18-32-30(27)37-3/h4-12,14,18,22,24,28-29,34H,13,15-17,19H2,1-3H3/t22-,24+,28+,29-/m1/s1. The van der Waals surface area contributed by atoms with Crippen molar-refractivity contribution in [2.45, 2.75) is 44.5 Å². The van der Waals surface area contributed by atoms with Crippen molar-refractivity contribution in [2.75, 3.05) is 27.9 Å². The highest BCUT2D eigenvalue weighted by atomic mass is 16.5. The van der Waals surface area contributed by atoms with Gasteiger partial charge in [0.2, 0.25) is 5.88 Å². The molecule has 2 aromatic carbocycles. The van der Waals surface area contributed by atoms with Crippen LogP contribution in [0, 0.1) is 5.92 Å². The Bertz CT molecular complexity index is 1340. The summed E-state index contributed by atoms with van der Waals surface area (Å²) in [5.41, 5.74) is 4.48. The Morgan fingerprint density at radius 2 is 1.69 bits per heavy atom. The summed E-state index contributed by atoms with van der Waals surface area (Å²) >= 11 is 0. The number of hydrogen-bond donors (Lipinski definition) is 1. The van der Waals surface area contributed by atoms with Crippen molar-refractivity contribution in [3.8, 4) is 11.6 Å². The molecule has 0 aliphatic heterocycles. The van der Waals surface area contributed by atoms with Gasteiger partial charge in [0, 0.05) is 30.7 Å². The second-order valence-electron chi connectivity index (χ2n) is 9.77. The van der Waals surface area contributed by atoms with Crippen LogP contribution in [0.5, 0.6) is 11.6 Å². The minimum Gasteiger partial charge on any atom is -0.497 e. The molecule has 9 heteroatoms. The molecular formula is C30H35N3O6. The van der Waals surface area contributed by atoms with E-state index in [4.69, 9.17) is 23.7 Å². The molecule has 5 rings (SSSR count). The molecule has 4 aromatic rings. The van der Waals surface area contributed by atoms with Crippen LogP contribution < -0.4 is 9.47 Å². The van der Waals surface area contributed by atoms with E-state index in [1.54, 1.807) is 21.3 Å². The SMILES string of the molecule is COC[C@H]1C[C@@H](c2cn(COCc3ccccc3)c3c(OC)ncnc23)[C@H](O)[C@@H]1OCc1ccc(OC)cc1. The van der Waals surface area contributed by atoms with E-state index in [-0.39, 0.29) is 18.6 Å². The highest BCUT2D eigenvalue weighted by Gasteiger charge is 2.45. The third-order valence-electron chi connectivity index (χ3n) is 7.33. The maximum Gasteiger partial charge on any atom is 0.241 e. The maximum atomic E-state index is 11.6. The first-order chi connectivity index (χ1) is 19.1. The van der Waals surface area contributed by atoms with Crippen LogP contribution in [0.15, 0.2) is 67.1 Å². The van der Waals surface area contributed by atoms with Crippen LogP contribution in [0.2, 0.25) is 0 Å². The Kier molecular flexibility index (Phi) is 8.73. The van der Waals surface area contributed by atoms with E-state index in [2.05, 4.69) is 9.97 Å². The van der Waals surface area contributed by atoms with Gasteiger partial charge in [0.15, 0.2) is 0 Å². The molecule has 39 heavy (non-hydrogen) atoms. The lowest BCUT2D eigenvalue weighted by atomic mass is 9.96. The van der Waals surface area contributed by atoms with Crippen molar-refractivity contribution in [3.63, 3.8) is 0 Å². The number of hydrogen-bond acceptors (Lipinski definition) is 8. The molecule has 0 amide bonds. The first kappa shape index (κ1) is 27.1. The Morgan fingerprint density at radius 1 is 0.923 bits per heavy atom. The molecule has 206 valence electrons. The van der Waals surface area contributed by atoms with Gasteiger partial charge in [-0.05, 0) is 29.7 Å². The van der Waals surface area contributed by atoms with Crippen LogP contribution in [0.1, 0.15) is 29.0 Å². The van der Waals surface area contributed by atoms with E-state index >= 15 is 0 Å². The molecule has 0 radical (unpaired) electrons. The van der Waals surface area contributed by atoms with Gasteiger partial charge in [-0.1, -0.05) is 42.5 Å². The summed E-state index contributed by atoms with van der Waals surface area (Å²) in [4.78, 5) is 8.92. The predicted octanol–water partition coefficient (Wildman–Crippen LogP) is 4.32. The first-order valence-electron chi connectivity index (χ1n) is 13.0. The Labute approximate surface area is 228 Å². The van der Waals surface area contributed by atoms with Crippen LogP contribution in [0.25, 0.3) is 11.0 Å². The quantitative estimate of drug-likeness (QED) is 0.288. The summed E-state index contributed by atoms with van der Waals surface area (Å²) in [5, 5.41) is 11.6. The average Bonchev–Trinajstić information content (AvgIpc) is 3.49. The number of fused-ring (bicyclic) bond motifs is 1. The number of nitrogens with zero attached hydrogens (tertiary/aromatic N) is 3. The van der Waals surface area contributed by atoms with Crippen molar-refractivity contribution in [2.24, 2.45) is 5.92 Å². The van der Waals surface area contributed by atoms with Crippen LogP contribution in [-0.2, 0) is 34.2 Å². The molecule has 0 spiro atoms. The van der Waals surface area contributed by atoms with Gasteiger partial charge in [-0.2, -0.15) is 4.98 Å². The minimum absolute atomic E-state index is 0.0183. The molecule has 1 fully saturated rings. The lowest BCUT2D eigenvalue weighted by Crippen LogP contribution is -2.32. The number of aromatic nitrogens is 3. The number of aliphatic hydroxyl groups is 1. The molecule has 4 atom stereocenters. The number of aliphatic hydroxyl groups excluding tert-OH is 1. The molecule has 1 aliphatic carbocycles. The van der Waals surface area contributed by atoms with Gasteiger partial charge in [0.05, 0.1) is 51.8 Å². The van der Waals surface area contributed by atoms with Crippen molar-refractivity contribution in [1.29, 1.82) is 0 Å². The second-order valence-corrected chi connectivity index (χ2v) is 9.77. The maximum absolute atomic E-state index is 11.6. The summed E-state index contributed by atoms with van der Waals surface area (Å²) in [5.74, 6) is 1.06. The highest BCUT2D eigenvalue weighted by molar-refractivity contribution is 5.84. The van der Waals surface area contributed by atoms with Gasteiger partial charge in [0.1, 0.15) is 24.3 Å². The number of ether oxygens (including phenoxy) is 5. The van der Waals surface area contributed by atoms with Gasteiger partial charge in [-0.3, -0.25) is 0 Å². The first-order valence-corrected chi connectivity index (χ1v) is 13.0. The molecule has 2 heterocycles. The summed E-state index contributed by atoms with van der Waals surface area (Å²) < 4.78 is 30.6. The van der Waals surface area contributed by atoms with Crippen molar-refractivity contribution < 1.29 is 28.8 Å². The van der Waals surface area contributed by atoms with Crippen LogP contribution in [0.4, 0.5) is 0 Å². The van der Waals surface area contributed by atoms with Crippen molar-refractivity contribution in [3.05, 3.63) is 83.8 Å². The zero-order valence-electron chi connectivity index (χ0n) is 22.5. The molecule has 0 unspecified atom stereocenters. The zero-order valence-corrected chi connectivity index (χ0v) is 22.5. The van der Waals surface area contributed by atoms with Crippen LogP contribution >= 0.6 is 0 Å². The van der Waals surface area contributed by atoms with Gasteiger partial charge >= 0.3 is 0 Å². The largest absolute Gasteiger partial charge is 0.497 e. The van der Waals surface area contributed by atoms with E-state index in [0.717, 1.165) is 33.5 Å². The Hall–Kier alpha value is -3.50. The van der Waals surface area contributed by atoms with Crippen LogP contribution in [-0.4, -0.2) is 59.8 Å². The summed E-state index contributed by atoms with van der Waals surface area (Å²) in [6.45, 7) is 1.62. The molecule has 9 nitrogen and oxygen atoms in total. The number of methoxy groups -OCH3 is 3. The Balaban J connectivity index is 1.38. The van der Waals surface area contributed by atoms with E-state index in [1.807, 2.05) is 65.4 Å². The second kappa shape index (κ2) is 12.6. The topological polar surface area (TPSA) is 97.1 Å². The third kappa shape index (κ3) is 5.91. The lowest BCUT2D eigenvalue weighted by molar-refractivity contribution is -0.0635. The van der Waals surface area contributed by atoms with Gasteiger partial charge in [-0.25, -0.2) is 4.98 Å².